The molecule has 1 unspecified atom stereocenters. The second-order valence-corrected chi connectivity index (χ2v) is 12.8. The molecule has 0 radical (unpaired) electrons. The zero-order valence-corrected chi connectivity index (χ0v) is 23.0. The Kier molecular flexibility index (Phi) is 10.8. The highest BCUT2D eigenvalue weighted by atomic mass is 32.2. The average Bonchev–Trinajstić information content (AvgIpc) is 3.33. The van der Waals surface area contributed by atoms with Crippen LogP contribution in [0.4, 0.5) is 0 Å². The molecule has 1 aliphatic heterocycles. The predicted molar refractivity (Wildman–Crippen MR) is 141 cm³/mol. The van der Waals surface area contributed by atoms with Crippen molar-refractivity contribution in [3.05, 3.63) is 64.3 Å². The van der Waals surface area contributed by atoms with Crippen LogP contribution in [-0.4, -0.2) is 56.5 Å². The number of aromatic nitrogens is 2. The molecule has 13 heteroatoms. The van der Waals surface area contributed by atoms with Crippen molar-refractivity contribution in [1.29, 1.82) is 0 Å². The second-order valence-electron chi connectivity index (χ2n) is 8.74. The molecular formula is C23H32N3O7PS2. The van der Waals surface area contributed by atoms with Gasteiger partial charge in [0.25, 0.3) is 0 Å². The number of nitrogens with zero attached hydrogens (tertiary/aromatic N) is 2. The van der Waals surface area contributed by atoms with E-state index in [0.29, 0.717) is 11.4 Å². The Morgan fingerprint density at radius 1 is 1.33 bits per heavy atom. The lowest BCUT2D eigenvalue weighted by Gasteiger charge is -2.22. The summed E-state index contributed by atoms with van der Waals surface area (Å²) < 4.78 is 32.1. The maximum Gasteiger partial charge on any atom is 0.405 e. The van der Waals surface area contributed by atoms with E-state index in [2.05, 4.69) is 10.1 Å². The van der Waals surface area contributed by atoms with Crippen molar-refractivity contribution >= 4 is 36.4 Å². The van der Waals surface area contributed by atoms with Gasteiger partial charge in [0.15, 0.2) is 5.12 Å². The molecule has 0 spiro atoms. The van der Waals surface area contributed by atoms with E-state index in [1.165, 1.54) is 16.3 Å². The highest BCUT2D eigenvalue weighted by Crippen LogP contribution is 2.46. The third-order valence-corrected chi connectivity index (χ3v) is 9.08. The first-order valence-corrected chi connectivity index (χ1v) is 15.0. The van der Waals surface area contributed by atoms with E-state index < -0.39 is 30.5 Å². The summed E-state index contributed by atoms with van der Waals surface area (Å²) in [6.07, 6.45) is 1.14. The van der Waals surface area contributed by atoms with Gasteiger partial charge in [-0.25, -0.2) is 14.4 Å². The Bertz CT molecular complexity index is 1120. The maximum atomic E-state index is 13.5. The van der Waals surface area contributed by atoms with Crippen molar-refractivity contribution in [2.45, 2.75) is 39.0 Å². The molecule has 0 bridgehead atoms. The van der Waals surface area contributed by atoms with Crippen molar-refractivity contribution in [3.8, 4) is 0 Å². The molecule has 198 valence electrons. The van der Waals surface area contributed by atoms with Crippen molar-refractivity contribution in [3.63, 3.8) is 0 Å². The molecule has 3 rings (SSSR count). The average molecular weight is 558 g/mol. The Morgan fingerprint density at radius 2 is 2.08 bits per heavy atom. The Labute approximate surface area is 219 Å². The quantitative estimate of drug-likeness (QED) is 0.278. The Balaban J connectivity index is 1.56. The molecular weight excluding hydrogens is 525 g/mol. The molecule has 1 fully saturated rings. The van der Waals surface area contributed by atoms with E-state index in [-0.39, 0.29) is 37.2 Å². The molecule has 3 atom stereocenters. The number of thioether (sulfide) groups is 2. The van der Waals surface area contributed by atoms with Gasteiger partial charge in [-0.1, -0.05) is 42.1 Å². The minimum absolute atomic E-state index is 0.00268. The van der Waals surface area contributed by atoms with E-state index in [4.69, 9.17) is 13.8 Å². The van der Waals surface area contributed by atoms with Crippen LogP contribution in [0.3, 0.4) is 0 Å². The van der Waals surface area contributed by atoms with Gasteiger partial charge in [0.05, 0.1) is 25.2 Å². The molecule has 1 aromatic heterocycles. The summed E-state index contributed by atoms with van der Waals surface area (Å²) in [7, 11) is -3.75. The van der Waals surface area contributed by atoms with Crippen molar-refractivity contribution < 1.29 is 28.3 Å². The van der Waals surface area contributed by atoms with E-state index in [1.54, 1.807) is 33.0 Å². The van der Waals surface area contributed by atoms with Gasteiger partial charge in [-0.2, -0.15) is 4.98 Å². The van der Waals surface area contributed by atoms with Crippen LogP contribution in [0.25, 0.3) is 0 Å². The van der Waals surface area contributed by atoms with Crippen molar-refractivity contribution in [1.82, 2.24) is 14.6 Å². The van der Waals surface area contributed by atoms with E-state index >= 15 is 0 Å². The summed E-state index contributed by atoms with van der Waals surface area (Å²) in [5, 5.41) is 12.0. The van der Waals surface area contributed by atoms with E-state index in [9.17, 15) is 19.3 Å². The monoisotopic (exact) mass is 557 g/mol. The summed E-state index contributed by atoms with van der Waals surface area (Å²) in [6, 6.07) is 11.1. The first-order chi connectivity index (χ1) is 17.1. The van der Waals surface area contributed by atoms with Crippen LogP contribution in [-0.2, 0) is 29.7 Å². The van der Waals surface area contributed by atoms with Gasteiger partial charge in [0, 0.05) is 29.9 Å². The molecule has 0 saturated carbocycles. The third-order valence-electron chi connectivity index (χ3n) is 5.24. The number of aliphatic hydroxyl groups excluding tert-OH is 1. The normalized spacial score (nSPS) is 19.8. The van der Waals surface area contributed by atoms with Crippen LogP contribution >= 0.6 is 31.3 Å². The van der Waals surface area contributed by atoms with Crippen molar-refractivity contribution in [2.75, 3.05) is 31.3 Å². The van der Waals surface area contributed by atoms with Gasteiger partial charge >= 0.3 is 13.4 Å². The van der Waals surface area contributed by atoms with Crippen molar-refractivity contribution in [2.24, 2.45) is 5.41 Å². The molecule has 10 nitrogen and oxygen atoms in total. The first-order valence-electron chi connectivity index (χ1n) is 11.4. The standard InChI is InChI=1S/C23H32N3O7PS2/c1-17-9-10-26(22(29)25-17)19-15-36-20(33-19)14-32-34(30,24-13-18-7-5-4-6-8-18)31-11-12-35-21(28)23(2,3)16-27/h4-10,19-20,27H,11-16H2,1-3H3,(H,24,30)/t19-,20+,34?/m0/s1. The van der Waals surface area contributed by atoms with E-state index in [0.717, 1.165) is 17.3 Å². The fourth-order valence-electron chi connectivity index (χ4n) is 3.02. The number of benzene rings is 1. The minimum Gasteiger partial charge on any atom is -0.395 e. The van der Waals surface area contributed by atoms with Gasteiger partial charge < -0.3 is 9.84 Å². The number of ether oxygens (including phenoxy) is 1. The van der Waals surface area contributed by atoms with Gasteiger partial charge in [-0.15, -0.1) is 11.8 Å². The van der Waals surface area contributed by atoms with E-state index in [1.807, 2.05) is 30.3 Å². The molecule has 2 aromatic rings. The van der Waals surface area contributed by atoms with Gasteiger partial charge in [0.1, 0.15) is 11.7 Å². The van der Waals surface area contributed by atoms with Crippen LogP contribution in [0.15, 0.2) is 47.4 Å². The van der Waals surface area contributed by atoms with Crippen LogP contribution in [0.2, 0.25) is 0 Å². The van der Waals surface area contributed by atoms with Crippen LogP contribution in [0.5, 0.6) is 0 Å². The largest absolute Gasteiger partial charge is 0.405 e. The number of nitrogens with one attached hydrogen (secondary N) is 1. The maximum absolute atomic E-state index is 13.5. The third kappa shape index (κ3) is 8.53. The molecule has 0 amide bonds. The molecule has 1 aliphatic rings. The molecule has 2 heterocycles. The number of rotatable bonds is 13. The molecule has 2 N–H and O–H groups in total. The summed E-state index contributed by atoms with van der Waals surface area (Å²) in [6.45, 7) is 5.03. The number of carbonyl (C=O) groups is 1. The predicted octanol–water partition coefficient (Wildman–Crippen LogP) is 3.35. The summed E-state index contributed by atoms with van der Waals surface area (Å²) in [5.74, 6) is 0.767. The zero-order chi connectivity index (χ0) is 26.2. The van der Waals surface area contributed by atoms with Crippen LogP contribution < -0.4 is 10.8 Å². The fourth-order valence-corrected chi connectivity index (χ4v) is 6.33. The smallest absolute Gasteiger partial charge is 0.395 e. The van der Waals surface area contributed by atoms with Gasteiger partial charge in [0.2, 0.25) is 0 Å². The molecule has 1 aromatic carbocycles. The lowest BCUT2D eigenvalue weighted by molar-refractivity contribution is -0.119. The second kappa shape index (κ2) is 13.3. The van der Waals surface area contributed by atoms with Gasteiger partial charge in [-0.3, -0.25) is 18.4 Å². The first kappa shape index (κ1) is 29.1. The highest BCUT2D eigenvalue weighted by molar-refractivity contribution is 8.13. The summed E-state index contributed by atoms with van der Waals surface area (Å²) in [5.41, 5.74) is -0.183. The fraction of sp³-hybridized carbons (Fsp3) is 0.522. The highest BCUT2D eigenvalue weighted by Gasteiger charge is 2.33. The lowest BCUT2D eigenvalue weighted by Crippen LogP contribution is -2.28. The Morgan fingerprint density at radius 3 is 2.78 bits per heavy atom. The summed E-state index contributed by atoms with van der Waals surface area (Å²) in [4.78, 5) is 28.3. The number of hydrogen-bond acceptors (Lipinski definition) is 10. The number of carbonyl (C=O) groups excluding carboxylic acids is 1. The lowest BCUT2D eigenvalue weighted by atomic mass is 9.97. The number of aliphatic hydroxyl groups is 1. The van der Waals surface area contributed by atoms with Gasteiger partial charge in [-0.05, 0) is 32.4 Å². The molecule has 36 heavy (non-hydrogen) atoms. The van der Waals surface area contributed by atoms with Crippen LogP contribution in [0.1, 0.15) is 31.3 Å². The molecule has 0 aliphatic carbocycles. The summed E-state index contributed by atoms with van der Waals surface area (Å²) >= 11 is 2.45. The molecule has 1 saturated heterocycles. The SMILES string of the molecule is Cc1ccn([C@@H]2CS[C@H](COP(=O)(NCc3ccccc3)OCCSC(=O)C(C)(C)CO)O2)c(=O)n1. The topological polar surface area (TPSA) is 129 Å². The van der Waals surface area contributed by atoms with Crippen LogP contribution in [0, 0.1) is 12.3 Å². The zero-order valence-electron chi connectivity index (χ0n) is 20.5. The number of hydrogen-bond donors (Lipinski definition) is 2. The Hall–Kier alpha value is -1.50. The minimum atomic E-state index is -3.75. The number of aryl methyl sites for hydroxylation is 1.